The molecule has 2 aromatic heterocycles. The number of nitrogens with zero attached hydrogens (tertiary/aromatic N) is 3. The number of fused-ring (bicyclic) bond motifs is 2. The molecule has 1 aromatic carbocycles. The maximum absolute atomic E-state index is 6.23. The third-order valence-corrected chi connectivity index (χ3v) is 5.18. The molecule has 4 heterocycles. The molecule has 1 saturated heterocycles. The first kappa shape index (κ1) is 15.4. The highest BCUT2D eigenvalue weighted by molar-refractivity contribution is 5.91. The van der Waals surface area contributed by atoms with Gasteiger partial charge >= 0.3 is 0 Å². The lowest BCUT2D eigenvalue weighted by atomic mass is 9.91. The molecular weight excluding hydrogens is 332 g/mol. The van der Waals surface area contributed by atoms with Crippen molar-refractivity contribution in [2.24, 2.45) is 5.73 Å². The summed E-state index contributed by atoms with van der Waals surface area (Å²) in [6.07, 6.45) is 3.87. The number of hydrogen-bond acceptors (Lipinski definition) is 7. The number of pyridine rings is 1. The first-order valence-corrected chi connectivity index (χ1v) is 8.70. The maximum atomic E-state index is 6.23. The second-order valence-corrected chi connectivity index (χ2v) is 7.25. The highest BCUT2D eigenvalue weighted by Crippen LogP contribution is 2.36. The SMILES string of the molecule is CC1(N)CCN(c2cnc3c(-c4ccc5c(c4)ONO5)n[nH]c3c2)CC1. The van der Waals surface area contributed by atoms with Crippen molar-refractivity contribution in [1.82, 2.24) is 20.8 Å². The second kappa shape index (κ2) is 5.58. The normalized spacial score (nSPS) is 18.5. The molecule has 0 atom stereocenters. The van der Waals surface area contributed by atoms with Crippen LogP contribution in [-0.4, -0.2) is 33.8 Å². The fourth-order valence-corrected chi connectivity index (χ4v) is 3.48. The topological polar surface area (TPSA) is 101 Å². The molecule has 8 heteroatoms. The van der Waals surface area contributed by atoms with Crippen molar-refractivity contribution >= 4 is 16.7 Å². The highest BCUT2D eigenvalue weighted by atomic mass is 16.9. The third-order valence-electron chi connectivity index (χ3n) is 5.18. The van der Waals surface area contributed by atoms with Gasteiger partial charge in [0.1, 0.15) is 11.2 Å². The van der Waals surface area contributed by atoms with Gasteiger partial charge in [-0.1, -0.05) is 0 Å². The number of nitrogens with two attached hydrogens (primary N) is 1. The molecular formula is C18H20N6O2. The van der Waals surface area contributed by atoms with E-state index in [2.05, 4.69) is 38.7 Å². The van der Waals surface area contributed by atoms with Crippen LogP contribution in [-0.2, 0) is 0 Å². The van der Waals surface area contributed by atoms with Gasteiger partial charge in [0.2, 0.25) is 0 Å². The summed E-state index contributed by atoms with van der Waals surface area (Å²) < 4.78 is 0. The summed E-state index contributed by atoms with van der Waals surface area (Å²) in [5.74, 6) is 1.29. The largest absolute Gasteiger partial charge is 0.370 e. The minimum Gasteiger partial charge on any atom is -0.370 e. The van der Waals surface area contributed by atoms with Gasteiger partial charge in [-0.15, -0.1) is 0 Å². The molecule has 0 aliphatic carbocycles. The molecule has 3 aromatic rings. The third kappa shape index (κ3) is 2.54. The van der Waals surface area contributed by atoms with Crippen molar-refractivity contribution in [3.8, 4) is 22.8 Å². The molecule has 5 rings (SSSR count). The van der Waals surface area contributed by atoms with E-state index in [1.165, 1.54) is 0 Å². The fourth-order valence-electron chi connectivity index (χ4n) is 3.48. The minimum atomic E-state index is -0.0661. The smallest absolute Gasteiger partial charge is 0.196 e. The van der Waals surface area contributed by atoms with E-state index in [1.807, 2.05) is 24.4 Å². The second-order valence-electron chi connectivity index (χ2n) is 7.25. The van der Waals surface area contributed by atoms with Crippen LogP contribution in [0.1, 0.15) is 19.8 Å². The lowest BCUT2D eigenvalue weighted by molar-refractivity contribution is 0.0260. The van der Waals surface area contributed by atoms with E-state index < -0.39 is 0 Å². The summed E-state index contributed by atoms with van der Waals surface area (Å²) in [5.41, 5.74) is 13.1. The van der Waals surface area contributed by atoms with Crippen molar-refractivity contribution in [2.45, 2.75) is 25.3 Å². The van der Waals surface area contributed by atoms with Crippen LogP contribution in [0, 0.1) is 0 Å². The molecule has 1 fully saturated rings. The Bertz CT molecular complexity index is 973. The molecule has 0 saturated carbocycles. The Labute approximate surface area is 150 Å². The summed E-state index contributed by atoms with van der Waals surface area (Å²) in [5, 5.41) is 7.56. The number of anilines is 1. The van der Waals surface area contributed by atoms with Gasteiger partial charge in [0.15, 0.2) is 11.5 Å². The molecule has 26 heavy (non-hydrogen) atoms. The summed E-state index contributed by atoms with van der Waals surface area (Å²) in [6, 6.07) is 7.77. The Balaban J connectivity index is 1.47. The highest BCUT2D eigenvalue weighted by Gasteiger charge is 2.26. The predicted octanol–water partition coefficient (Wildman–Crippen LogP) is 2.13. The zero-order valence-electron chi connectivity index (χ0n) is 14.5. The van der Waals surface area contributed by atoms with Crippen molar-refractivity contribution in [3.05, 3.63) is 30.5 Å². The van der Waals surface area contributed by atoms with Gasteiger partial charge in [0.05, 0.1) is 17.4 Å². The van der Waals surface area contributed by atoms with Gasteiger partial charge in [-0.2, -0.15) is 5.10 Å². The lowest BCUT2D eigenvalue weighted by Gasteiger charge is -2.37. The van der Waals surface area contributed by atoms with E-state index in [-0.39, 0.29) is 5.54 Å². The van der Waals surface area contributed by atoms with E-state index in [4.69, 9.17) is 15.4 Å². The molecule has 2 aliphatic heterocycles. The average molecular weight is 352 g/mol. The van der Waals surface area contributed by atoms with Gasteiger partial charge in [0.25, 0.3) is 0 Å². The number of hydrogen-bond donors (Lipinski definition) is 3. The van der Waals surface area contributed by atoms with Crippen LogP contribution in [0.2, 0.25) is 0 Å². The molecule has 4 N–H and O–H groups in total. The number of H-pyrrole nitrogens is 1. The van der Waals surface area contributed by atoms with Gasteiger partial charge < -0.3 is 20.3 Å². The van der Waals surface area contributed by atoms with E-state index in [0.717, 1.165) is 53.9 Å². The van der Waals surface area contributed by atoms with E-state index in [9.17, 15) is 0 Å². The molecule has 8 nitrogen and oxygen atoms in total. The Morgan fingerprint density at radius 1 is 1.15 bits per heavy atom. The number of aromatic nitrogens is 3. The molecule has 2 aliphatic rings. The molecule has 0 bridgehead atoms. The van der Waals surface area contributed by atoms with Crippen molar-refractivity contribution < 1.29 is 9.68 Å². The first-order chi connectivity index (χ1) is 12.6. The Morgan fingerprint density at radius 2 is 1.96 bits per heavy atom. The molecule has 0 spiro atoms. The van der Waals surface area contributed by atoms with Crippen molar-refractivity contribution in [1.29, 1.82) is 0 Å². The van der Waals surface area contributed by atoms with Crippen LogP contribution in [0.3, 0.4) is 0 Å². The van der Waals surface area contributed by atoms with Crippen molar-refractivity contribution in [2.75, 3.05) is 18.0 Å². The molecule has 0 unspecified atom stereocenters. The summed E-state index contributed by atoms with van der Waals surface area (Å²) in [7, 11) is 0. The number of nitrogens with one attached hydrogen (secondary N) is 2. The van der Waals surface area contributed by atoms with Crippen molar-refractivity contribution in [3.63, 3.8) is 0 Å². The standard InChI is InChI=1S/C18H20N6O2/c1-18(19)4-6-24(7-5-18)12-9-13-17(20-10-12)16(22-21-13)11-2-3-14-15(8-11)26-23-25-14/h2-3,8-10,23H,4-7,19H2,1H3,(H,21,22). The van der Waals surface area contributed by atoms with Crippen LogP contribution in [0.25, 0.3) is 22.3 Å². The van der Waals surface area contributed by atoms with Crippen LogP contribution in [0.5, 0.6) is 11.5 Å². The fraction of sp³-hybridized carbons (Fsp3) is 0.333. The van der Waals surface area contributed by atoms with Crippen LogP contribution >= 0.6 is 0 Å². The summed E-state index contributed by atoms with van der Waals surface area (Å²) in [6.45, 7) is 4.00. The van der Waals surface area contributed by atoms with Crippen LogP contribution < -0.4 is 26.0 Å². The zero-order valence-corrected chi connectivity index (χ0v) is 14.5. The Hall–Kier alpha value is -2.84. The zero-order chi connectivity index (χ0) is 17.7. The Kier molecular flexibility index (Phi) is 3.31. The average Bonchev–Trinajstić information content (AvgIpc) is 3.27. The molecule has 0 radical (unpaired) electrons. The number of rotatable bonds is 2. The van der Waals surface area contributed by atoms with Gasteiger partial charge in [-0.25, -0.2) is 0 Å². The minimum absolute atomic E-state index is 0.0661. The summed E-state index contributed by atoms with van der Waals surface area (Å²) in [4.78, 5) is 17.3. The number of aromatic amines is 1. The predicted molar refractivity (Wildman–Crippen MR) is 97.8 cm³/mol. The van der Waals surface area contributed by atoms with Gasteiger partial charge in [-0.3, -0.25) is 10.1 Å². The van der Waals surface area contributed by atoms with E-state index in [0.29, 0.717) is 11.5 Å². The van der Waals surface area contributed by atoms with E-state index in [1.54, 1.807) is 0 Å². The quantitative estimate of drug-likeness (QED) is 0.649. The van der Waals surface area contributed by atoms with Gasteiger partial charge in [-0.05, 0) is 44.0 Å². The number of benzene rings is 1. The molecule has 134 valence electrons. The van der Waals surface area contributed by atoms with Crippen LogP contribution in [0.15, 0.2) is 30.5 Å². The van der Waals surface area contributed by atoms with E-state index >= 15 is 0 Å². The lowest BCUT2D eigenvalue weighted by Crippen LogP contribution is -2.48. The van der Waals surface area contributed by atoms with Crippen LogP contribution in [0.4, 0.5) is 5.69 Å². The molecule has 0 amide bonds. The Morgan fingerprint density at radius 3 is 2.81 bits per heavy atom. The first-order valence-electron chi connectivity index (χ1n) is 8.70. The summed E-state index contributed by atoms with van der Waals surface area (Å²) >= 11 is 0. The maximum Gasteiger partial charge on any atom is 0.196 e. The number of piperidine rings is 1. The van der Waals surface area contributed by atoms with Gasteiger partial charge in [0, 0.05) is 29.8 Å². The monoisotopic (exact) mass is 352 g/mol.